The fourth-order valence-corrected chi connectivity index (χ4v) is 2.47. The first kappa shape index (κ1) is 18.0. The molecule has 116 valence electrons. The normalized spacial score (nSPS) is 12.8. The average Bonchev–Trinajstić information content (AvgIpc) is 2.41. The molecule has 0 aromatic heterocycles. The molecule has 1 aromatic carbocycles. The van der Waals surface area contributed by atoms with Gasteiger partial charge in [-0.3, -0.25) is 0 Å². The molecule has 0 spiro atoms. The highest BCUT2D eigenvalue weighted by molar-refractivity contribution is 9.10. The highest BCUT2D eigenvalue weighted by atomic mass is 79.9. The van der Waals surface area contributed by atoms with Gasteiger partial charge in [0, 0.05) is 10.5 Å². The van der Waals surface area contributed by atoms with Crippen molar-refractivity contribution >= 4 is 15.9 Å². The number of halogens is 1. The van der Waals surface area contributed by atoms with Gasteiger partial charge in [-0.05, 0) is 70.2 Å². The number of benzene rings is 1. The van der Waals surface area contributed by atoms with Crippen molar-refractivity contribution < 1.29 is 4.74 Å². The van der Waals surface area contributed by atoms with Crippen LogP contribution in [0.25, 0.3) is 0 Å². The molecule has 0 aliphatic carbocycles. The van der Waals surface area contributed by atoms with Crippen LogP contribution in [-0.2, 0) is 6.42 Å². The quantitative estimate of drug-likeness (QED) is 0.703. The van der Waals surface area contributed by atoms with Crippen LogP contribution in [0.2, 0.25) is 0 Å². The van der Waals surface area contributed by atoms with Gasteiger partial charge in [0.2, 0.25) is 0 Å². The Labute approximate surface area is 136 Å². The summed E-state index contributed by atoms with van der Waals surface area (Å²) in [6, 6.07) is 8.47. The summed E-state index contributed by atoms with van der Waals surface area (Å²) in [6.07, 6.45) is 3.70. The minimum absolute atomic E-state index is 0.129. The Kier molecular flexibility index (Phi) is 7.21. The number of hydrogen-bond acceptors (Lipinski definition) is 3. The average molecular weight is 353 g/mol. The van der Waals surface area contributed by atoms with Crippen LogP contribution in [0.5, 0.6) is 5.75 Å². The molecule has 0 aliphatic rings. The minimum Gasteiger partial charge on any atom is -0.494 e. The second kappa shape index (κ2) is 8.41. The molecule has 0 heterocycles. The zero-order chi connectivity index (χ0) is 15.9. The summed E-state index contributed by atoms with van der Waals surface area (Å²) in [6.45, 7) is 6.63. The van der Waals surface area contributed by atoms with Crippen molar-refractivity contribution in [3.63, 3.8) is 0 Å². The van der Waals surface area contributed by atoms with Crippen molar-refractivity contribution in [3.05, 3.63) is 28.2 Å². The summed E-state index contributed by atoms with van der Waals surface area (Å²) in [5, 5.41) is 8.96. The molecule has 1 rings (SSSR count). The highest BCUT2D eigenvalue weighted by Gasteiger charge is 2.15. The van der Waals surface area contributed by atoms with Gasteiger partial charge < -0.3 is 10.5 Å². The number of nitrogens with zero attached hydrogens (tertiary/aromatic N) is 1. The zero-order valence-electron chi connectivity index (χ0n) is 13.2. The lowest BCUT2D eigenvalue weighted by Gasteiger charge is -2.15. The van der Waals surface area contributed by atoms with E-state index in [1.807, 2.05) is 39.0 Å². The maximum atomic E-state index is 8.96. The molecular weight excluding hydrogens is 328 g/mol. The summed E-state index contributed by atoms with van der Waals surface area (Å²) in [5.41, 5.74) is 6.79. The number of hydrogen-bond donors (Lipinski definition) is 1. The smallest absolute Gasteiger partial charge is 0.119 e. The molecule has 1 atom stereocenters. The number of rotatable bonds is 8. The minimum atomic E-state index is -0.234. The molecule has 1 aromatic rings. The Hall–Kier alpha value is -1.05. The fraction of sp³-hybridized carbons (Fsp3) is 0.588. The second-order valence-electron chi connectivity index (χ2n) is 6.24. The molecule has 2 N–H and O–H groups in total. The molecule has 21 heavy (non-hydrogen) atoms. The molecule has 4 heteroatoms. The number of ether oxygens (including phenoxy) is 1. The van der Waals surface area contributed by atoms with Gasteiger partial charge in [-0.15, -0.1) is 0 Å². The van der Waals surface area contributed by atoms with Crippen LogP contribution in [0, 0.1) is 16.7 Å². The molecule has 0 aliphatic heterocycles. The molecule has 0 amide bonds. The van der Waals surface area contributed by atoms with E-state index < -0.39 is 0 Å². The third kappa shape index (κ3) is 6.97. The van der Waals surface area contributed by atoms with Crippen LogP contribution in [0.15, 0.2) is 22.7 Å². The molecule has 3 nitrogen and oxygen atoms in total. The third-order valence-electron chi connectivity index (χ3n) is 3.33. The monoisotopic (exact) mass is 352 g/mol. The number of unbranched alkanes of at least 4 members (excludes halogenated alkanes) is 1. The number of nitriles is 1. The summed E-state index contributed by atoms with van der Waals surface area (Å²) >= 11 is 3.54. The van der Waals surface area contributed by atoms with E-state index in [2.05, 4.69) is 22.0 Å². The molecule has 0 saturated heterocycles. The van der Waals surface area contributed by atoms with Crippen LogP contribution < -0.4 is 10.5 Å². The maximum Gasteiger partial charge on any atom is 0.119 e. The Balaban J connectivity index is 2.41. The zero-order valence-corrected chi connectivity index (χ0v) is 14.7. The van der Waals surface area contributed by atoms with Gasteiger partial charge in [0.1, 0.15) is 5.75 Å². The Morgan fingerprint density at radius 2 is 2.10 bits per heavy atom. The Bertz CT molecular complexity index is 492. The summed E-state index contributed by atoms with van der Waals surface area (Å²) in [7, 11) is 0. The van der Waals surface area contributed by atoms with Gasteiger partial charge in [-0.2, -0.15) is 5.26 Å². The van der Waals surface area contributed by atoms with E-state index >= 15 is 0 Å². The Morgan fingerprint density at radius 1 is 1.38 bits per heavy atom. The SMILES string of the molecule is CC(N)Cc1cc(OCCCCC(C)(C)C#N)ccc1Br. The fourth-order valence-electron chi connectivity index (χ4n) is 2.06. The molecule has 0 fully saturated rings. The largest absolute Gasteiger partial charge is 0.494 e. The molecular formula is C17H25BrN2O. The van der Waals surface area contributed by atoms with Crippen LogP contribution in [0.3, 0.4) is 0 Å². The van der Waals surface area contributed by atoms with Crippen molar-refractivity contribution in [2.75, 3.05) is 6.61 Å². The van der Waals surface area contributed by atoms with Crippen molar-refractivity contribution in [2.45, 2.75) is 52.5 Å². The first-order chi connectivity index (χ1) is 9.84. The summed E-state index contributed by atoms with van der Waals surface area (Å²) in [5.74, 6) is 0.883. The lowest BCUT2D eigenvalue weighted by atomic mass is 9.89. The topological polar surface area (TPSA) is 59.0 Å². The molecule has 0 radical (unpaired) electrons. The Morgan fingerprint density at radius 3 is 2.71 bits per heavy atom. The van der Waals surface area contributed by atoms with E-state index in [1.165, 1.54) is 5.56 Å². The van der Waals surface area contributed by atoms with Gasteiger partial charge in [0.15, 0.2) is 0 Å². The van der Waals surface area contributed by atoms with Gasteiger partial charge in [-0.1, -0.05) is 15.9 Å². The van der Waals surface area contributed by atoms with E-state index in [0.29, 0.717) is 6.61 Å². The van der Waals surface area contributed by atoms with Crippen molar-refractivity contribution in [2.24, 2.45) is 11.1 Å². The lowest BCUT2D eigenvalue weighted by Crippen LogP contribution is -2.18. The van der Waals surface area contributed by atoms with Gasteiger partial charge in [0.25, 0.3) is 0 Å². The second-order valence-corrected chi connectivity index (χ2v) is 7.09. The van der Waals surface area contributed by atoms with Crippen LogP contribution >= 0.6 is 15.9 Å². The standard InChI is InChI=1S/C17H25BrN2O/c1-13(20)10-14-11-15(6-7-16(14)18)21-9-5-4-8-17(2,3)12-19/h6-7,11,13H,4-5,8-10,20H2,1-3H3. The van der Waals surface area contributed by atoms with Crippen LogP contribution in [0.1, 0.15) is 45.6 Å². The van der Waals surface area contributed by atoms with Crippen LogP contribution in [0.4, 0.5) is 0 Å². The first-order valence-electron chi connectivity index (χ1n) is 7.42. The number of nitrogens with two attached hydrogens (primary N) is 1. The highest BCUT2D eigenvalue weighted by Crippen LogP contribution is 2.25. The summed E-state index contributed by atoms with van der Waals surface area (Å²) in [4.78, 5) is 0. The van der Waals surface area contributed by atoms with Gasteiger partial charge >= 0.3 is 0 Å². The predicted octanol–water partition coefficient (Wildman–Crippen LogP) is 4.44. The van der Waals surface area contributed by atoms with Gasteiger partial charge in [-0.25, -0.2) is 0 Å². The van der Waals surface area contributed by atoms with Gasteiger partial charge in [0.05, 0.1) is 18.1 Å². The van der Waals surface area contributed by atoms with E-state index in [-0.39, 0.29) is 11.5 Å². The van der Waals surface area contributed by atoms with Crippen LogP contribution in [-0.4, -0.2) is 12.6 Å². The molecule has 0 saturated carbocycles. The third-order valence-corrected chi connectivity index (χ3v) is 4.10. The van der Waals surface area contributed by atoms with E-state index in [0.717, 1.165) is 35.9 Å². The van der Waals surface area contributed by atoms with E-state index in [1.54, 1.807) is 0 Å². The predicted molar refractivity (Wildman–Crippen MR) is 90.2 cm³/mol. The molecule has 1 unspecified atom stereocenters. The van der Waals surface area contributed by atoms with E-state index in [4.69, 9.17) is 15.7 Å². The summed E-state index contributed by atoms with van der Waals surface area (Å²) < 4.78 is 6.86. The lowest BCUT2D eigenvalue weighted by molar-refractivity contribution is 0.294. The van der Waals surface area contributed by atoms with Crippen molar-refractivity contribution in [1.29, 1.82) is 5.26 Å². The molecule has 0 bridgehead atoms. The maximum absolute atomic E-state index is 8.96. The van der Waals surface area contributed by atoms with E-state index in [9.17, 15) is 0 Å². The first-order valence-corrected chi connectivity index (χ1v) is 8.21. The van der Waals surface area contributed by atoms with Crippen molar-refractivity contribution in [3.8, 4) is 11.8 Å². The van der Waals surface area contributed by atoms with Crippen molar-refractivity contribution in [1.82, 2.24) is 0 Å².